The smallest absolute Gasteiger partial charge is 0.128 e. The van der Waals surface area contributed by atoms with Crippen LogP contribution in [0.1, 0.15) is 18.2 Å². The predicted octanol–water partition coefficient (Wildman–Crippen LogP) is 4.35. The van der Waals surface area contributed by atoms with Crippen molar-refractivity contribution >= 4 is 22.5 Å². The fourth-order valence-corrected chi connectivity index (χ4v) is 2.89. The van der Waals surface area contributed by atoms with Gasteiger partial charge in [0.05, 0.1) is 5.69 Å². The largest absolute Gasteiger partial charge is 0.487 e. The van der Waals surface area contributed by atoms with Crippen LogP contribution in [0.25, 0.3) is 10.9 Å². The predicted molar refractivity (Wildman–Crippen MR) is 91.3 cm³/mol. The molecule has 2 N–H and O–H groups in total. The van der Waals surface area contributed by atoms with E-state index in [1.165, 1.54) is 10.9 Å². The van der Waals surface area contributed by atoms with Crippen molar-refractivity contribution in [2.24, 2.45) is 5.73 Å². The highest BCUT2D eigenvalue weighted by Crippen LogP contribution is 2.24. The van der Waals surface area contributed by atoms with Gasteiger partial charge in [0.15, 0.2) is 0 Å². The normalized spacial score (nSPS) is 11.0. The second-order valence-electron chi connectivity index (χ2n) is 5.22. The minimum atomic E-state index is 0.515. The first-order valence-electron chi connectivity index (χ1n) is 7.40. The van der Waals surface area contributed by atoms with Gasteiger partial charge in [0.2, 0.25) is 0 Å². The highest BCUT2D eigenvalue weighted by Gasteiger charge is 2.09. The summed E-state index contributed by atoms with van der Waals surface area (Å²) in [7, 11) is 0. The third-order valence-electron chi connectivity index (χ3n) is 3.79. The zero-order valence-corrected chi connectivity index (χ0v) is 13.3. The van der Waals surface area contributed by atoms with Crippen LogP contribution >= 0.6 is 11.6 Å². The van der Waals surface area contributed by atoms with Crippen LogP contribution in [0.3, 0.4) is 0 Å². The molecule has 0 aliphatic rings. The van der Waals surface area contributed by atoms with Crippen LogP contribution in [-0.4, -0.2) is 4.57 Å². The van der Waals surface area contributed by atoms with E-state index in [9.17, 15) is 0 Å². The van der Waals surface area contributed by atoms with Gasteiger partial charge in [0.25, 0.3) is 0 Å². The number of aryl methyl sites for hydroxylation is 1. The molecule has 3 nitrogen and oxygen atoms in total. The second kappa shape index (κ2) is 6.42. The summed E-state index contributed by atoms with van der Waals surface area (Å²) in [6, 6.07) is 16.0. The van der Waals surface area contributed by atoms with Crippen LogP contribution in [0.4, 0.5) is 0 Å². The number of ether oxygens (including phenoxy) is 1. The number of benzene rings is 2. The number of halogens is 1. The molecule has 3 rings (SSSR count). The van der Waals surface area contributed by atoms with Gasteiger partial charge in [-0.1, -0.05) is 23.7 Å². The monoisotopic (exact) mass is 314 g/mol. The van der Waals surface area contributed by atoms with Gasteiger partial charge in [0.1, 0.15) is 12.4 Å². The molecular formula is C18H19ClN2O. The van der Waals surface area contributed by atoms with Crippen LogP contribution in [0.5, 0.6) is 5.75 Å². The van der Waals surface area contributed by atoms with Crippen molar-refractivity contribution in [1.82, 2.24) is 4.57 Å². The van der Waals surface area contributed by atoms with Crippen LogP contribution in [-0.2, 0) is 19.7 Å². The molecule has 3 aromatic rings. The fourth-order valence-electron chi connectivity index (χ4n) is 2.71. The van der Waals surface area contributed by atoms with Gasteiger partial charge in [-0.15, -0.1) is 0 Å². The Labute approximate surface area is 135 Å². The molecule has 4 heteroatoms. The van der Waals surface area contributed by atoms with E-state index in [4.69, 9.17) is 22.1 Å². The lowest BCUT2D eigenvalue weighted by atomic mass is 10.1. The van der Waals surface area contributed by atoms with Crippen molar-refractivity contribution in [3.05, 3.63) is 64.8 Å². The molecule has 0 fully saturated rings. The molecule has 0 aliphatic heterocycles. The Balaban J connectivity index is 1.89. The summed E-state index contributed by atoms with van der Waals surface area (Å²) in [5.74, 6) is 0.781. The number of fused-ring (bicyclic) bond motifs is 1. The van der Waals surface area contributed by atoms with Crippen molar-refractivity contribution < 1.29 is 4.74 Å². The summed E-state index contributed by atoms with van der Waals surface area (Å²) in [4.78, 5) is 0. The van der Waals surface area contributed by atoms with Crippen molar-refractivity contribution in [1.29, 1.82) is 0 Å². The van der Waals surface area contributed by atoms with Crippen molar-refractivity contribution in [2.75, 3.05) is 0 Å². The molecule has 22 heavy (non-hydrogen) atoms. The first-order chi connectivity index (χ1) is 10.7. The van der Waals surface area contributed by atoms with Gasteiger partial charge in [-0.3, -0.25) is 0 Å². The van der Waals surface area contributed by atoms with E-state index in [0.29, 0.717) is 18.2 Å². The molecule has 0 saturated carbocycles. The molecule has 0 unspecified atom stereocenters. The number of rotatable bonds is 5. The number of aromatic nitrogens is 1. The van der Waals surface area contributed by atoms with E-state index in [-0.39, 0.29) is 0 Å². The Morgan fingerprint density at radius 3 is 2.73 bits per heavy atom. The van der Waals surface area contributed by atoms with Gasteiger partial charge in [-0.25, -0.2) is 0 Å². The maximum absolute atomic E-state index is 5.99. The molecule has 1 aromatic heterocycles. The minimum Gasteiger partial charge on any atom is -0.487 e. The summed E-state index contributed by atoms with van der Waals surface area (Å²) >= 11 is 5.99. The first kappa shape index (κ1) is 14.9. The van der Waals surface area contributed by atoms with Crippen LogP contribution < -0.4 is 10.5 Å². The van der Waals surface area contributed by atoms with Gasteiger partial charge in [-0.2, -0.15) is 0 Å². The van der Waals surface area contributed by atoms with Crippen molar-refractivity contribution in [3.63, 3.8) is 0 Å². The Morgan fingerprint density at radius 2 is 2.00 bits per heavy atom. The molecule has 1 heterocycles. The Hall–Kier alpha value is -1.97. The molecule has 114 valence electrons. The highest BCUT2D eigenvalue weighted by molar-refractivity contribution is 6.30. The van der Waals surface area contributed by atoms with Gasteiger partial charge >= 0.3 is 0 Å². The van der Waals surface area contributed by atoms with Crippen molar-refractivity contribution in [2.45, 2.75) is 26.6 Å². The topological polar surface area (TPSA) is 40.2 Å². The van der Waals surface area contributed by atoms with Gasteiger partial charge in [0, 0.05) is 29.0 Å². The zero-order valence-electron chi connectivity index (χ0n) is 12.6. The fraction of sp³-hybridized carbons (Fsp3) is 0.222. The number of nitrogens with zero attached hydrogens (tertiary/aromatic N) is 1. The van der Waals surface area contributed by atoms with E-state index in [0.717, 1.165) is 23.6 Å². The SMILES string of the molecule is CCn1c(COc2cccc(Cl)c2)cc2cc(CN)ccc21. The maximum atomic E-state index is 5.99. The summed E-state index contributed by atoms with van der Waals surface area (Å²) in [5.41, 5.74) is 9.22. The summed E-state index contributed by atoms with van der Waals surface area (Å²) < 4.78 is 8.14. The van der Waals surface area contributed by atoms with E-state index in [2.05, 4.69) is 35.8 Å². The number of nitrogens with two attached hydrogens (primary N) is 1. The first-order valence-corrected chi connectivity index (χ1v) is 7.78. The standard InChI is InChI=1S/C18H19ClN2O/c1-2-21-16(12-22-17-5-3-4-15(19)10-17)9-14-8-13(11-20)6-7-18(14)21/h3-10H,2,11-12,20H2,1H3. The Kier molecular flexibility index (Phi) is 4.36. The Bertz CT molecular complexity index is 795. The number of hydrogen-bond donors (Lipinski definition) is 1. The average molecular weight is 315 g/mol. The lowest BCUT2D eigenvalue weighted by molar-refractivity contribution is 0.296. The van der Waals surface area contributed by atoms with E-state index < -0.39 is 0 Å². The second-order valence-corrected chi connectivity index (χ2v) is 5.66. The molecule has 0 amide bonds. The molecule has 0 radical (unpaired) electrons. The van der Waals surface area contributed by atoms with Crippen LogP contribution in [0, 0.1) is 0 Å². The van der Waals surface area contributed by atoms with Crippen LogP contribution in [0.2, 0.25) is 5.02 Å². The van der Waals surface area contributed by atoms with Gasteiger partial charge < -0.3 is 15.0 Å². The van der Waals surface area contributed by atoms with Gasteiger partial charge in [-0.05, 0) is 48.9 Å². The molecule has 0 atom stereocenters. The third-order valence-corrected chi connectivity index (χ3v) is 4.02. The Morgan fingerprint density at radius 1 is 1.14 bits per heavy atom. The molecule has 0 spiro atoms. The molecule has 2 aromatic carbocycles. The minimum absolute atomic E-state index is 0.515. The quantitative estimate of drug-likeness (QED) is 0.760. The highest BCUT2D eigenvalue weighted by atomic mass is 35.5. The van der Waals surface area contributed by atoms with E-state index >= 15 is 0 Å². The summed E-state index contributed by atoms with van der Waals surface area (Å²) in [6.07, 6.45) is 0. The number of hydrogen-bond acceptors (Lipinski definition) is 2. The average Bonchev–Trinajstić information content (AvgIpc) is 2.89. The van der Waals surface area contributed by atoms with Crippen LogP contribution in [0.15, 0.2) is 48.5 Å². The summed E-state index contributed by atoms with van der Waals surface area (Å²) in [5, 5.41) is 1.88. The third kappa shape index (κ3) is 2.96. The zero-order chi connectivity index (χ0) is 15.5. The van der Waals surface area contributed by atoms with E-state index in [1.54, 1.807) is 0 Å². The molecule has 0 aliphatic carbocycles. The van der Waals surface area contributed by atoms with Crippen molar-refractivity contribution in [3.8, 4) is 5.75 Å². The lowest BCUT2D eigenvalue weighted by Crippen LogP contribution is -2.04. The lowest BCUT2D eigenvalue weighted by Gasteiger charge is -2.10. The summed E-state index contributed by atoms with van der Waals surface area (Å²) in [6.45, 7) is 4.11. The molecular weight excluding hydrogens is 296 g/mol. The molecule has 0 saturated heterocycles. The maximum Gasteiger partial charge on any atom is 0.128 e. The van der Waals surface area contributed by atoms with E-state index in [1.807, 2.05) is 24.3 Å². The molecule has 0 bridgehead atoms.